The Morgan fingerprint density at radius 2 is 2.42 bits per heavy atom. The molecule has 1 fully saturated rings. The van der Waals surface area contributed by atoms with Gasteiger partial charge in [0.1, 0.15) is 0 Å². The highest BCUT2D eigenvalue weighted by Gasteiger charge is 2.18. The van der Waals surface area contributed by atoms with Gasteiger partial charge in [0.05, 0.1) is 5.84 Å². The van der Waals surface area contributed by atoms with Gasteiger partial charge in [-0.1, -0.05) is 6.92 Å². The second-order valence-corrected chi connectivity index (χ2v) is 4.47. The van der Waals surface area contributed by atoms with Crippen LogP contribution in [0.15, 0.2) is 0 Å². The van der Waals surface area contributed by atoms with Gasteiger partial charge in [-0.3, -0.25) is 5.41 Å². The number of nitrogens with zero attached hydrogens (tertiary/aromatic N) is 1. The van der Waals surface area contributed by atoms with Crippen molar-refractivity contribution in [2.24, 2.45) is 5.92 Å². The quantitative estimate of drug-likeness (QED) is 0.727. The van der Waals surface area contributed by atoms with Gasteiger partial charge in [-0.15, -0.1) is 0 Å². The third-order valence-electron chi connectivity index (χ3n) is 2.21. The summed E-state index contributed by atoms with van der Waals surface area (Å²) in [7, 11) is 0. The van der Waals surface area contributed by atoms with Gasteiger partial charge in [0, 0.05) is 19.5 Å². The lowest BCUT2D eigenvalue weighted by molar-refractivity contribution is 0.392. The minimum Gasteiger partial charge on any atom is -0.360 e. The van der Waals surface area contributed by atoms with Crippen LogP contribution in [0.4, 0.5) is 0 Å². The first-order valence-electron chi connectivity index (χ1n) is 4.55. The van der Waals surface area contributed by atoms with Crippen molar-refractivity contribution >= 4 is 17.6 Å². The summed E-state index contributed by atoms with van der Waals surface area (Å²) in [6, 6.07) is 0. The zero-order valence-electron chi connectivity index (χ0n) is 7.97. The molecule has 0 amide bonds. The largest absolute Gasteiger partial charge is 0.360 e. The molecule has 0 saturated carbocycles. The molecule has 70 valence electrons. The monoisotopic (exact) mass is 186 g/mol. The molecule has 0 aliphatic carbocycles. The van der Waals surface area contributed by atoms with Crippen LogP contribution >= 0.6 is 11.8 Å². The zero-order valence-corrected chi connectivity index (χ0v) is 8.78. The molecule has 1 saturated heterocycles. The van der Waals surface area contributed by atoms with Gasteiger partial charge < -0.3 is 4.90 Å². The Labute approximate surface area is 79.2 Å². The number of thioether (sulfide) groups is 1. The fourth-order valence-electron chi connectivity index (χ4n) is 1.65. The molecule has 0 aromatic rings. The summed E-state index contributed by atoms with van der Waals surface area (Å²) in [6.45, 7) is 4.46. The molecule has 1 unspecified atom stereocenters. The van der Waals surface area contributed by atoms with Crippen molar-refractivity contribution in [2.75, 3.05) is 25.1 Å². The van der Waals surface area contributed by atoms with Crippen molar-refractivity contribution in [3.63, 3.8) is 0 Å². The molecule has 1 aliphatic rings. The third kappa shape index (κ3) is 2.70. The van der Waals surface area contributed by atoms with Crippen molar-refractivity contribution in [2.45, 2.75) is 19.8 Å². The van der Waals surface area contributed by atoms with E-state index in [0.29, 0.717) is 0 Å². The van der Waals surface area contributed by atoms with E-state index in [-0.39, 0.29) is 0 Å². The van der Waals surface area contributed by atoms with Crippen LogP contribution in [0.5, 0.6) is 0 Å². The minimum absolute atomic E-state index is 0.721. The second kappa shape index (κ2) is 4.75. The Morgan fingerprint density at radius 3 is 2.92 bits per heavy atom. The topological polar surface area (TPSA) is 27.1 Å². The number of amidine groups is 1. The summed E-state index contributed by atoms with van der Waals surface area (Å²) in [5.41, 5.74) is 0. The van der Waals surface area contributed by atoms with Crippen LogP contribution in [0.25, 0.3) is 0 Å². The van der Waals surface area contributed by atoms with Crippen LogP contribution in [0.1, 0.15) is 19.8 Å². The smallest absolute Gasteiger partial charge is 0.0958 e. The maximum atomic E-state index is 7.65. The molecular formula is C9H18N2S. The van der Waals surface area contributed by atoms with Crippen LogP contribution in [0.2, 0.25) is 0 Å². The molecule has 3 heteroatoms. The highest BCUT2D eigenvalue weighted by molar-refractivity contribution is 7.98. The van der Waals surface area contributed by atoms with Crippen LogP contribution in [0.3, 0.4) is 0 Å². The minimum atomic E-state index is 0.721. The van der Waals surface area contributed by atoms with E-state index in [1.165, 1.54) is 12.2 Å². The first kappa shape index (κ1) is 9.90. The second-order valence-electron chi connectivity index (χ2n) is 3.56. The number of hydrogen-bond donors (Lipinski definition) is 1. The van der Waals surface area contributed by atoms with E-state index in [4.69, 9.17) is 5.41 Å². The average Bonchev–Trinajstić information content (AvgIpc) is 2.37. The van der Waals surface area contributed by atoms with Crippen molar-refractivity contribution in [1.82, 2.24) is 4.90 Å². The molecule has 1 rings (SSSR count). The van der Waals surface area contributed by atoms with Crippen molar-refractivity contribution in [3.05, 3.63) is 0 Å². The predicted octanol–water partition coefficient (Wildman–Crippen LogP) is 2.06. The van der Waals surface area contributed by atoms with Gasteiger partial charge >= 0.3 is 0 Å². The fraction of sp³-hybridized carbons (Fsp3) is 0.889. The van der Waals surface area contributed by atoms with Gasteiger partial charge in [-0.2, -0.15) is 11.8 Å². The standard InChI is InChI=1S/C9H18N2S/c1-8(7-12-2)6-11-5-3-4-9(11)10/h8,10H,3-7H2,1-2H3. The molecule has 0 bridgehead atoms. The SMILES string of the molecule is CSCC(C)CN1CCCC1=N. The lowest BCUT2D eigenvalue weighted by atomic mass is 10.2. The number of rotatable bonds is 4. The van der Waals surface area contributed by atoms with E-state index < -0.39 is 0 Å². The van der Waals surface area contributed by atoms with E-state index in [0.717, 1.165) is 31.3 Å². The maximum Gasteiger partial charge on any atom is 0.0958 e. The van der Waals surface area contributed by atoms with Crippen molar-refractivity contribution in [1.29, 1.82) is 5.41 Å². The molecule has 1 N–H and O–H groups in total. The van der Waals surface area contributed by atoms with E-state index in [1.807, 2.05) is 11.8 Å². The highest BCUT2D eigenvalue weighted by atomic mass is 32.2. The van der Waals surface area contributed by atoms with E-state index in [9.17, 15) is 0 Å². The third-order valence-corrected chi connectivity index (χ3v) is 3.11. The molecule has 2 nitrogen and oxygen atoms in total. The summed E-state index contributed by atoms with van der Waals surface area (Å²) >= 11 is 1.90. The lowest BCUT2D eigenvalue weighted by Crippen LogP contribution is -2.29. The van der Waals surface area contributed by atoms with Gasteiger partial charge in [0.2, 0.25) is 0 Å². The maximum absolute atomic E-state index is 7.65. The molecule has 0 aromatic heterocycles. The highest BCUT2D eigenvalue weighted by Crippen LogP contribution is 2.14. The molecule has 0 spiro atoms. The molecular weight excluding hydrogens is 168 g/mol. The summed E-state index contributed by atoms with van der Waals surface area (Å²) < 4.78 is 0. The van der Waals surface area contributed by atoms with Crippen LogP contribution in [0, 0.1) is 11.3 Å². The number of hydrogen-bond acceptors (Lipinski definition) is 2. The normalized spacial score (nSPS) is 20.2. The Kier molecular flexibility index (Phi) is 3.92. The fourth-order valence-corrected chi connectivity index (χ4v) is 2.32. The van der Waals surface area contributed by atoms with Crippen molar-refractivity contribution in [3.8, 4) is 0 Å². The molecule has 1 atom stereocenters. The van der Waals surface area contributed by atoms with Gasteiger partial charge in [-0.25, -0.2) is 0 Å². The predicted molar refractivity (Wildman–Crippen MR) is 56.1 cm³/mol. The van der Waals surface area contributed by atoms with Crippen LogP contribution < -0.4 is 0 Å². The molecule has 0 aromatic carbocycles. The van der Waals surface area contributed by atoms with Gasteiger partial charge in [0.15, 0.2) is 0 Å². The number of nitrogens with one attached hydrogen (secondary N) is 1. The molecule has 12 heavy (non-hydrogen) atoms. The summed E-state index contributed by atoms with van der Waals surface area (Å²) in [5.74, 6) is 2.78. The van der Waals surface area contributed by atoms with E-state index >= 15 is 0 Å². The first-order valence-corrected chi connectivity index (χ1v) is 5.94. The average molecular weight is 186 g/mol. The van der Waals surface area contributed by atoms with Crippen molar-refractivity contribution < 1.29 is 0 Å². The summed E-state index contributed by atoms with van der Waals surface area (Å²) in [4.78, 5) is 2.22. The van der Waals surface area contributed by atoms with Crippen LogP contribution in [-0.2, 0) is 0 Å². The van der Waals surface area contributed by atoms with E-state index in [2.05, 4.69) is 18.1 Å². The Morgan fingerprint density at radius 1 is 1.67 bits per heavy atom. The Bertz CT molecular complexity index is 159. The Hall–Kier alpha value is -0.180. The molecule has 0 radical (unpaired) electrons. The summed E-state index contributed by atoms with van der Waals surface area (Å²) in [5, 5.41) is 7.65. The number of likely N-dealkylation sites (tertiary alicyclic amines) is 1. The molecule has 1 heterocycles. The van der Waals surface area contributed by atoms with Gasteiger partial charge in [0.25, 0.3) is 0 Å². The first-order chi connectivity index (χ1) is 5.74. The lowest BCUT2D eigenvalue weighted by Gasteiger charge is -2.21. The Balaban J connectivity index is 2.25. The zero-order chi connectivity index (χ0) is 8.97. The molecule has 1 aliphatic heterocycles. The van der Waals surface area contributed by atoms with Crippen LogP contribution in [-0.4, -0.2) is 35.8 Å². The van der Waals surface area contributed by atoms with Gasteiger partial charge in [-0.05, 0) is 24.3 Å². The van der Waals surface area contributed by atoms with E-state index in [1.54, 1.807) is 0 Å². The summed E-state index contributed by atoms with van der Waals surface area (Å²) in [6.07, 6.45) is 4.32.